The Balaban J connectivity index is 1.90. The van der Waals surface area contributed by atoms with Crippen LogP contribution >= 0.6 is 0 Å². The van der Waals surface area contributed by atoms with Crippen LogP contribution in [0.1, 0.15) is 33.1 Å². The van der Waals surface area contributed by atoms with Gasteiger partial charge in [-0.05, 0) is 49.4 Å². The normalized spacial score (nSPS) is 15.7. The predicted molar refractivity (Wildman–Crippen MR) is 102 cm³/mol. The summed E-state index contributed by atoms with van der Waals surface area (Å²) in [5.74, 6) is -0.818. The van der Waals surface area contributed by atoms with Crippen molar-refractivity contribution < 1.29 is 23.1 Å². The zero-order valence-corrected chi connectivity index (χ0v) is 16.5. The number of carboxylic acids is 1. The lowest BCUT2D eigenvalue weighted by molar-refractivity contribution is -0.143. The molecule has 9 heteroatoms. The van der Waals surface area contributed by atoms with E-state index < -0.39 is 21.9 Å². The first-order valence-corrected chi connectivity index (χ1v) is 10.6. The molecule has 1 fully saturated rings. The van der Waals surface area contributed by atoms with Crippen LogP contribution in [0.25, 0.3) is 0 Å². The van der Waals surface area contributed by atoms with E-state index in [0.29, 0.717) is 44.1 Å². The molecule has 0 aromatic heterocycles. The van der Waals surface area contributed by atoms with E-state index in [9.17, 15) is 18.0 Å². The van der Waals surface area contributed by atoms with Crippen molar-refractivity contribution in [3.05, 3.63) is 24.3 Å². The van der Waals surface area contributed by atoms with Gasteiger partial charge in [-0.2, -0.15) is 0 Å². The lowest BCUT2D eigenvalue weighted by Gasteiger charge is -2.30. The van der Waals surface area contributed by atoms with Gasteiger partial charge in [-0.25, -0.2) is 17.9 Å². The first-order chi connectivity index (χ1) is 12.7. The number of carboxylic acid groups (broad SMARTS) is 1. The van der Waals surface area contributed by atoms with E-state index in [1.54, 1.807) is 17.0 Å². The Morgan fingerprint density at radius 2 is 1.78 bits per heavy atom. The number of rotatable bonds is 7. The van der Waals surface area contributed by atoms with Crippen LogP contribution < -0.4 is 10.0 Å². The number of anilines is 1. The molecule has 27 heavy (non-hydrogen) atoms. The third kappa shape index (κ3) is 6.21. The van der Waals surface area contributed by atoms with Gasteiger partial charge in [0, 0.05) is 25.3 Å². The second kappa shape index (κ2) is 9.18. The number of nitrogens with one attached hydrogen (secondary N) is 2. The van der Waals surface area contributed by atoms with Gasteiger partial charge in [0.2, 0.25) is 10.0 Å². The zero-order chi connectivity index (χ0) is 20.0. The van der Waals surface area contributed by atoms with Crippen molar-refractivity contribution in [3.63, 3.8) is 0 Å². The van der Waals surface area contributed by atoms with E-state index in [-0.39, 0.29) is 10.9 Å². The molecule has 1 aliphatic rings. The highest BCUT2D eigenvalue weighted by molar-refractivity contribution is 7.89. The van der Waals surface area contributed by atoms with Crippen LogP contribution in [0.3, 0.4) is 0 Å². The van der Waals surface area contributed by atoms with Crippen molar-refractivity contribution in [1.82, 2.24) is 9.62 Å². The number of benzene rings is 1. The first-order valence-electron chi connectivity index (χ1n) is 9.07. The number of hydrogen-bond acceptors (Lipinski definition) is 4. The average molecular weight is 397 g/mol. The average Bonchev–Trinajstić information content (AvgIpc) is 2.61. The van der Waals surface area contributed by atoms with Crippen LogP contribution in [0.4, 0.5) is 10.5 Å². The fourth-order valence-corrected chi connectivity index (χ4v) is 3.86. The topological polar surface area (TPSA) is 116 Å². The SMILES string of the molecule is CC(C)CCNS(=O)(=O)c1ccc(NC(=O)N2CCC(C(=O)O)CC2)cc1. The summed E-state index contributed by atoms with van der Waals surface area (Å²) >= 11 is 0. The van der Waals surface area contributed by atoms with E-state index in [0.717, 1.165) is 6.42 Å². The molecule has 2 rings (SSSR count). The molecule has 3 N–H and O–H groups in total. The number of aliphatic carboxylic acids is 1. The molecular formula is C18H27N3O5S. The zero-order valence-electron chi connectivity index (χ0n) is 15.6. The van der Waals surface area contributed by atoms with Crippen LogP contribution in [0.5, 0.6) is 0 Å². The molecule has 2 amide bonds. The smallest absolute Gasteiger partial charge is 0.321 e. The van der Waals surface area contributed by atoms with Crippen molar-refractivity contribution >= 4 is 27.7 Å². The van der Waals surface area contributed by atoms with Crippen molar-refractivity contribution in [3.8, 4) is 0 Å². The summed E-state index contributed by atoms with van der Waals surface area (Å²) in [6.45, 7) is 5.20. The molecule has 150 valence electrons. The molecule has 1 saturated heterocycles. The van der Waals surface area contributed by atoms with Gasteiger partial charge < -0.3 is 15.3 Å². The molecule has 0 unspecified atom stereocenters. The predicted octanol–water partition coefficient (Wildman–Crippen LogP) is 2.34. The van der Waals surface area contributed by atoms with E-state index in [4.69, 9.17) is 5.11 Å². The summed E-state index contributed by atoms with van der Waals surface area (Å²) in [4.78, 5) is 24.9. The van der Waals surface area contributed by atoms with Crippen LogP contribution in [0.15, 0.2) is 29.2 Å². The van der Waals surface area contributed by atoms with E-state index in [2.05, 4.69) is 10.0 Å². The van der Waals surface area contributed by atoms with Crippen LogP contribution in [0, 0.1) is 11.8 Å². The van der Waals surface area contributed by atoms with Gasteiger partial charge >= 0.3 is 12.0 Å². The van der Waals surface area contributed by atoms with Crippen LogP contribution in [-0.2, 0) is 14.8 Å². The third-order valence-corrected chi connectivity index (χ3v) is 6.04. The Hall–Kier alpha value is -2.13. The van der Waals surface area contributed by atoms with Crippen molar-refractivity contribution in [2.75, 3.05) is 25.0 Å². The highest BCUT2D eigenvalue weighted by Crippen LogP contribution is 2.19. The third-order valence-electron chi connectivity index (χ3n) is 4.56. The standard InChI is InChI=1S/C18H27N3O5S/c1-13(2)7-10-19-27(25,26)16-5-3-15(4-6-16)20-18(24)21-11-8-14(9-12-21)17(22)23/h3-6,13-14,19H,7-12H2,1-2H3,(H,20,24)(H,22,23). The van der Waals surface area contributed by atoms with Crippen molar-refractivity contribution in [1.29, 1.82) is 0 Å². The summed E-state index contributed by atoms with van der Waals surface area (Å²) in [6, 6.07) is 5.66. The van der Waals surface area contributed by atoms with Gasteiger partial charge in [-0.15, -0.1) is 0 Å². The molecule has 8 nitrogen and oxygen atoms in total. The molecule has 1 aromatic carbocycles. The van der Waals surface area contributed by atoms with Crippen molar-refractivity contribution in [2.45, 2.75) is 38.0 Å². The lowest BCUT2D eigenvalue weighted by Crippen LogP contribution is -2.42. The quantitative estimate of drug-likeness (QED) is 0.653. The van der Waals surface area contributed by atoms with Gasteiger partial charge in [0.15, 0.2) is 0 Å². The number of carbonyl (C=O) groups is 2. The Kier molecular flexibility index (Phi) is 7.20. The molecule has 0 saturated carbocycles. The monoisotopic (exact) mass is 397 g/mol. The minimum absolute atomic E-state index is 0.145. The summed E-state index contributed by atoms with van der Waals surface area (Å²) in [7, 11) is -3.56. The molecule has 1 aliphatic heterocycles. The highest BCUT2D eigenvalue weighted by atomic mass is 32.2. The summed E-state index contributed by atoms with van der Waals surface area (Å²) < 4.78 is 27.0. The number of piperidine rings is 1. The van der Waals surface area contributed by atoms with Gasteiger partial charge in [-0.3, -0.25) is 4.79 Å². The summed E-state index contributed by atoms with van der Waals surface area (Å²) in [5, 5.41) is 11.7. The number of carbonyl (C=O) groups excluding carboxylic acids is 1. The van der Waals surface area contributed by atoms with Crippen molar-refractivity contribution in [2.24, 2.45) is 11.8 Å². The summed E-state index contributed by atoms with van der Waals surface area (Å²) in [6.07, 6.45) is 1.62. The first kappa shape index (κ1) is 21.2. The molecular weight excluding hydrogens is 370 g/mol. The van der Waals surface area contributed by atoms with Gasteiger partial charge in [0.25, 0.3) is 0 Å². The molecule has 0 aliphatic carbocycles. The minimum atomic E-state index is -3.56. The minimum Gasteiger partial charge on any atom is -0.481 e. The fraction of sp³-hybridized carbons (Fsp3) is 0.556. The maximum atomic E-state index is 12.3. The van der Waals surface area contributed by atoms with E-state index >= 15 is 0 Å². The van der Waals surface area contributed by atoms with Crippen LogP contribution in [-0.4, -0.2) is 50.1 Å². The van der Waals surface area contributed by atoms with Crippen LogP contribution in [0.2, 0.25) is 0 Å². The Morgan fingerprint density at radius 1 is 1.19 bits per heavy atom. The number of urea groups is 1. The Bertz CT molecular complexity index is 754. The van der Waals surface area contributed by atoms with E-state index in [1.165, 1.54) is 12.1 Å². The maximum absolute atomic E-state index is 12.3. The molecule has 0 spiro atoms. The number of amides is 2. The Labute approximate surface area is 160 Å². The lowest BCUT2D eigenvalue weighted by atomic mass is 9.97. The second-order valence-electron chi connectivity index (χ2n) is 7.13. The highest BCUT2D eigenvalue weighted by Gasteiger charge is 2.27. The van der Waals surface area contributed by atoms with Gasteiger partial charge in [0.05, 0.1) is 10.8 Å². The number of hydrogen-bond donors (Lipinski definition) is 3. The number of sulfonamides is 1. The molecule has 0 atom stereocenters. The molecule has 0 bridgehead atoms. The maximum Gasteiger partial charge on any atom is 0.321 e. The van der Waals surface area contributed by atoms with E-state index in [1.807, 2.05) is 13.8 Å². The molecule has 1 aromatic rings. The van der Waals surface area contributed by atoms with Gasteiger partial charge in [0.1, 0.15) is 0 Å². The largest absolute Gasteiger partial charge is 0.481 e. The Morgan fingerprint density at radius 3 is 2.30 bits per heavy atom. The fourth-order valence-electron chi connectivity index (χ4n) is 2.81. The molecule has 0 radical (unpaired) electrons. The second-order valence-corrected chi connectivity index (χ2v) is 8.90. The molecule has 1 heterocycles. The summed E-state index contributed by atoms with van der Waals surface area (Å²) in [5.41, 5.74) is 0.487. The number of likely N-dealkylation sites (tertiary alicyclic amines) is 1. The van der Waals surface area contributed by atoms with Gasteiger partial charge in [-0.1, -0.05) is 13.8 Å². The number of nitrogens with zero attached hydrogens (tertiary/aromatic N) is 1.